The van der Waals surface area contributed by atoms with Gasteiger partial charge in [-0.25, -0.2) is 4.39 Å². The Morgan fingerprint density at radius 2 is 2.14 bits per heavy atom. The van der Waals surface area contributed by atoms with Gasteiger partial charge < -0.3 is 10.1 Å². The quantitative estimate of drug-likeness (QED) is 0.924. The second-order valence-corrected chi connectivity index (χ2v) is 4.49. The summed E-state index contributed by atoms with van der Waals surface area (Å²) in [5, 5.41) is 11.2. The fourth-order valence-corrected chi connectivity index (χ4v) is 1.81. The molecule has 1 N–H and O–H groups in total. The molecule has 2 aromatic rings. The van der Waals surface area contributed by atoms with Gasteiger partial charge in [0.1, 0.15) is 23.7 Å². The predicted molar refractivity (Wildman–Crippen MR) is 76.8 cm³/mol. The SMILES string of the molecule is N#CCC(=O)Nc1ccc(Oc2cccc(F)c2)c(Cl)c1. The molecule has 0 atom stereocenters. The van der Waals surface area contributed by atoms with Gasteiger partial charge >= 0.3 is 0 Å². The van der Waals surface area contributed by atoms with E-state index in [9.17, 15) is 9.18 Å². The molecule has 0 aliphatic rings. The highest BCUT2D eigenvalue weighted by Crippen LogP contribution is 2.31. The molecule has 106 valence electrons. The van der Waals surface area contributed by atoms with Crippen molar-refractivity contribution in [1.29, 1.82) is 5.26 Å². The number of ether oxygens (including phenoxy) is 1. The van der Waals surface area contributed by atoms with E-state index in [0.717, 1.165) is 0 Å². The molecule has 0 fully saturated rings. The van der Waals surface area contributed by atoms with Crippen LogP contribution < -0.4 is 10.1 Å². The molecule has 0 aromatic heterocycles. The van der Waals surface area contributed by atoms with Gasteiger partial charge in [0.2, 0.25) is 5.91 Å². The summed E-state index contributed by atoms with van der Waals surface area (Å²) in [6, 6.07) is 12.0. The lowest BCUT2D eigenvalue weighted by Gasteiger charge is -2.09. The Balaban J connectivity index is 2.12. The van der Waals surface area contributed by atoms with Gasteiger partial charge in [0, 0.05) is 11.8 Å². The number of nitrogens with zero attached hydrogens (tertiary/aromatic N) is 1. The molecule has 1 amide bonds. The summed E-state index contributed by atoms with van der Waals surface area (Å²) in [5.41, 5.74) is 0.451. The summed E-state index contributed by atoms with van der Waals surface area (Å²) in [7, 11) is 0. The minimum Gasteiger partial charge on any atom is -0.456 e. The number of carbonyl (C=O) groups is 1. The number of nitriles is 1. The zero-order valence-corrected chi connectivity index (χ0v) is 11.5. The van der Waals surface area contributed by atoms with Crippen molar-refractivity contribution in [1.82, 2.24) is 0 Å². The number of benzene rings is 2. The van der Waals surface area contributed by atoms with Crippen molar-refractivity contribution in [2.45, 2.75) is 6.42 Å². The van der Waals surface area contributed by atoms with Crippen LogP contribution in [0.15, 0.2) is 42.5 Å². The lowest BCUT2D eigenvalue weighted by Crippen LogP contribution is -2.09. The maximum absolute atomic E-state index is 13.1. The first-order valence-electron chi connectivity index (χ1n) is 5.98. The van der Waals surface area contributed by atoms with E-state index >= 15 is 0 Å². The Morgan fingerprint density at radius 3 is 2.81 bits per heavy atom. The first-order chi connectivity index (χ1) is 10.1. The van der Waals surface area contributed by atoms with Crippen LogP contribution in [0.1, 0.15) is 6.42 Å². The van der Waals surface area contributed by atoms with E-state index in [2.05, 4.69) is 5.32 Å². The van der Waals surface area contributed by atoms with E-state index in [1.54, 1.807) is 24.3 Å². The molecule has 0 aliphatic heterocycles. The molecule has 21 heavy (non-hydrogen) atoms. The summed E-state index contributed by atoms with van der Waals surface area (Å²) < 4.78 is 18.5. The maximum atomic E-state index is 13.1. The smallest absolute Gasteiger partial charge is 0.238 e. The molecule has 0 aliphatic carbocycles. The third-order valence-corrected chi connectivity index (χ3v) is 2.77. The molecule has 6 heteroatoms. The highest BCUT2D eigenvalue weighted by atomic mass is 35.5. The number of anilines is 1. The first kappa shape index (κ1) is 14.8. The Hall–Kier alpha value is -2.58. The predicted octanol–water partition coefficient (Wildman–Crippen LogP) is 4.12. The van der Waals surface area contributed by atoms with Gasteiger partial charge in [-0.15, -0.1) is 0 Å². The zero-order valence-electron chi connectivity index (χ0n) is 10.8. The third kappa shape index (κ3) is 4.20. The van der Waals surface area contributed by atoms with Crippen molar-refractivity contribution in [2.24, 2.45) is 0 Å². The van der Waals surface area contributed by atoms with E-state index in [1.807, 2.05) is 0 Å². The second-order valence-electron chi connectivity index (χ2n) is 4.09. The third-order valence-electron chi connectivity index (χ3n) is 2.48. The van der Waals surface area contributed by atoms with Crippen LogP contribution in [-0.2, 0) is 4.79 Å². The molecule has 2 aromatic carbocycles. The number of amides is 1. The minimum absolute atomic E-state index is 0.237. The largest absolute Gasteiger partial charge is 0.456 e. The van der Waals surface area contributed by atoms with Gasteiger partial charge in [0.15, 0.2) is 0 Å². The molecule has 2 rings (SSSR count). The average Bonchev–Trinajstić information content (AvgIpc) is 2.42. The molecular formula is C15H10ClFN2O2. The van der Waals surface area contributed by atoms with E-state index < -0.39 is 11.7 Å². The molecule has 4 nitrogen and oxygen atoms in total. The summed E-state index contributed by atoms with van der Waals surface area (Å²) >= 11 is 6.04. The molecule has 0 saturated carbocycles. The number of nitrogens with one attached hydrogen (secondary N) is 1. The molecule has 0 saturated heterocycles. The van der Waals surface area contributed by atoms with Gasteiger partial charge in [-0.1, -0.05) is 17.7 Å². The standard InChI is InChI=1S/C15H10ClFN2O2/c16-13-9-11(19-15(20)6-7-18)4-5-14(13)21-12-3-1-2-10(17)8-12/h1-5,8-9H,6H2,(H,19,20). The van der Waals surface area contributed by atoms with Crippen LogP contribution in [0, 0.1) is 17.1 Å². The highest BCUT2D eigenvalue weighted by Gasteiger charge is 2.07. The van der Waals surface area contributed by atoms with Crippen LogP contribution >= 0.6 is 11.6 Å². The van der Waals surface area contributed by atoms with Crippen LogP contribution in [0.5, 0.6) is 11.5 Å². The highest BCUT2D eigenvalue weighted by molar-refractivity contribution is 6.32. The fraction of sp³-hybridized carbons (Fsp3) is 0.0667. The molecule has 0 bridgehead atoms. The molecule has 0 unspecified atom stereocenters. The van der Waals surface area contributed by atoms with Crippen molar-refractivity contribution in [3.8, 4) is 17.6 Å². The van der Waals surface area contributed by atoms with Gasteiger partial charge in [-0.05, 0) is 30.3 Å². The van der Waals surface area contributed by atoms with Gasteiger partial charge in [0.05, 0.1) is 11.1 Å². The van der Waals surface area contributed by atoms with Crippen LogP contribution in [-0.4, -0.2) is 5.91 Å². The van der Waals surface area contributed by atoms with Gasteiger partial charge in [-0.2, -0.15) is 5.26 Å². The van der Waals surface area contributed by atoms with Gasteiger partial charge in [-0.3, -0.25) is 4.79 Å². The van der Waals surface area contributed by atoms with Crippen LogP contribution in [0.4, 0.5) is 10.1 Å². The molecule has 0 radical (unpaired) electrons. The number of rotatable bonds is 4. The van der Waals surface area contributed by atoms with Gasteiger partial charge in [0.25, 0.3) is 0 Å². The fourth-order valence-electron chi connectivity index (χ4n) is 1.60. The monoisotopic (exact) mass is 304 g/mol. The zero-order chi connectivity index (χ0) is 15.2. The van der Waals surface area contributed by atoms with Crippen molar-refractivity contribution < 1.29 is 13.9 Å². The average molecular weight is 305 g/mol. The number of carbonyl (C=O) groups excluding carboxylic acids is 1. The Kier molecular flexibility index (Phi) is 4.75. The van der Waals surface area contributed by atoms with Crippen molar-refractivity contribution in [2.75, 3.05) is 5.32 Å². The van der Waals surface area contributed by atoms with Crippen molar-refractivity contribution >= 4 is 23.2 Å². The summed E-state index contributed by atoms with van der Waals surface area (Å²) in [4.78, 5) is 11.3. The van der Waals surface area contributed by atoms with E-state index in [4.69, 9.17) is 21.6 Å². The topological polar surface area (TPSA) is 62.1 Å². The van der Waals surface area contributed by atoms with Crippen LogP contribution in [0.3, 0.4) is 0 Å². The van der Waals surface area contributed by atoms with E-state index in [-0.39, 0.29) is 11.4 Å². The normalized spacial score (nSPS) is 9.76. The molecule has 0 heterocycles. The first-order valence-corrected chi connectivity index (χ1v) is 6.36. The van der Waals surface area contributed by atoms with E-state index in [1.165, 1.54) is 24.3 Å². The summed E-state index contributed by atoms with van der Waals surface area (Å²) in [5.74, 6) is -0.185. The summed E-state index contributed by atoms with van der Waals surface area (Å²) in [6.07, 6.45) is -0.237. The van der Waals surface area contributed by atoms with E-state index in [0.29, 0.717) is 17.2 Å². The Bertz CT molecular complexity index is 713. The molecule has 0 spiro atoms. The summed E-state index contributed by atoms with van der Waals surface area (Å²) in [6.45, 7) is 0. The number of hydrogen-bond acceptors (Lipinski definition) is 3. The minimum atomic E-state index is -0.424. The number of halogens is 2. The Morgan fingerprint density at radius 1 is 1.33 bits per heavy atom. The maximum Gasteiger partial charge on any atom is 0.238 e. The Labute approximate surface area is 125 Å². The van der Waals surface area contributed by atoms with Crippen LogP contribution in [0.25, 0.3) is 0 Å². The van der Waals surface area contributed by atoms with Crippen molar-refractivity contribution in [3.05, 3.63) is 53.3 Å². The second kappa shape index (κ2) is 6.73. The van der Waals surface area contributed by atoms with Crippen LogP contribution in [0.2, 0.25) is 5.02 Å². The lowest BCUT2D eigenvalue weighted by molar-refractivity contribution is -0.115. The number of hydrogen-bond donors (Lipinski definition) is 1. The molecular weight excluding hydrogens is 295 g/mol. The van der Waals surface area contributed by atoms with Crippen molar-refractivity contribution in [3.63, 3.8) is 0 Å². The lowest BCUT2D eigenvalue weighted by atomic mass is 10.3.